The molecule has 0 saturated carbocycles. The van der Waals surface area contributed by atoms with Crippen LogP contribution < -0.4 is 5.32 Å². The number of carbonyl (C=O) groups is 1. The number of rotatable bonds is 2. The predicted molar refractivity (Wildman–Crippen MR) is 84.5 cm³/mol. The third kappa shape index (κ3) is 4.66. The number of piperidine rings is 1. The van der Waals surface area contributed by atoms with E-state index in [0.29, 0.717) is 22.7 Å². The molecule has 5 heteroatoms. The Morgan fingerprint density at radius 3 is 2.81 bits per heavy atom. The molecule has 4 nitrogen and oxygen atoms in total. The molecule has 1 heterocycles. The molecule has 2 N–H and O–H groups in total. The van der Waals surface area contributed by atoms with Crippen molar-refractivity contribution in [1.82, 2.24) is 4.90 Å². The number of halogens is 1. The third-order valence-electron chi connectivity index (χ3n) is 3.33. The first kappa shape index (κ1) is 15.7. The monoisotopic (exact) mass is 306 g/mol. The number of benzene rings is 1. The summed E-state index contributed by atoms with van der Waals surface area (Å²) < 4.78 is 0. The normalized spacial score (nSPS) is 14.3. The molecule has 0 unspecified atom stereocenters. The highest BCUT2D eigenvalue weighted by molar-refractivity contribution is 6.30. The maximum atomic E-state index is 12.2. The van der Waals surface area contributed by atoms with Crippen LogP contribution in [0.3, 0.4) is 0 Å². The van der Waals surface area contributed by atoms with Crippen LogP contribution in [-0.2, 0) is 0 Å². The van der Waals surface area contributed by atoms with Gasteiger partial charge in [-0.05, 0) is 37.5 Å². The van der Waals surface area contributed by atoms with Crippen LogP contribution in [0.5, 0.6) is 0 Å². The molecule has 0 aliphatic carbocycles. The highest BCUT2D eigenvalue weighted by Gasteiger charge is 2.17. The number of aliphatic hydroxyl groups excluding tert-OH is 1. The minimum atomic E-state index is -0.0952. The van der Waals surface area contributed by atoms with E-state index < -0.39 is 0 Å². The lowest BCUT2D eigenvalue weighted by Gasteiger charge is -2.27. The average Bonchev–Trinajstić information content (AvgIpc) is 2.51. The van der Waals surface area contributed by atoms with Crippen molar-refractivity contribution in [2.24, 2.45) is 0 Å². The number of urea groups is 1. The van der Waals surface area contributed by atoms with Crippen LogP contribution in [0.1, 0.15) is 31.2 Å². The Bertz CT molecular complexity index is 557. The zero-order valence-corrected chi connectivity index (χ0v) is 12.6. The average molecular weight is 307 g/mol. The van der Waals surface area contributed by atoms with Crippen LogP contribution in [0.15, 0.2) is 18.2 Å². The first-order chi connectivity index (χ1) is 10.2. The summed E-state index contributed by atoms with van der Waals surface area (Å²) in [6.07, 6.45) is 3.68. The van der Waals surface area contributed by atoms with E-state index in [1.165, 1.54) is 6.42 Å². The summed E-state index contributed by atoms with van der Waals surface area (Å²) in [7, 11) is 0. The zero-order valence-electron chi connectivity index (χ0n) is 11.9. The molecule has 0 aromatic heterocycles. The fourth-order valence-corrected chi connectivity index (χ4v) is 2.41. The second kappa shape index (κ2) is 7.92. The molecule has 1 fully saturated rings. The molecule has 1 saturated heterocycles. The van der Waals surface area contributed by atoms with E-state index in [-0.39, 0.29) is 12.6 Å². The Hall–Kier alpha value is -1.70. The minimum Gasteiger partial charge on any atom is -0.395 e. The highest BCUT2D eigenvalue weighted by Crippen LogP contribution is 2.21. The van der Waals surface area contributed by atoms with Gasteiger partial charge in [-0.25, -0.2) is 4.79 Å². The van der Waals surface area contributed by atoms with Gasteiger partial charge in [-0.15, -0.1) is 0 Å². The Kier molecular flexibility index (Phi) is 5.91. The summed E-state index contributed by atoms with van der Waals surface area (Å²) in [5.74, 6) is 5.78. The second-order valence-corrected chi connectivity index (χ2v) is 5.38. The van der Waals surface area contributed by atoms with Gasteiger partial charge in [0.15, 0.2) is 0 Å². The summed E-state index contributed by atoms with van der Waals surface area (Å²) in [4.78, 5) is 14.1. The number of amides is 2. The van der Waals surface area contributed by atoms with E-state index in [4.69, 9.17) is 16.7 Å². The Balaban J connectivity index is 2.11. The van der Waals surface area contributed by atoms with Crippen molar-refractivity contribution < 1.29 is 9.90 Å². The third-order valence-corrected chi connectivity index (χ3v) is 3.56. The molecular weight excluding hydrogens is 288 g/mol. The number of carbonyl (C=O) groups excluding carboxylic acids is 1. The van der Waals surface area contributed by atoms with Crippen LogP contribution in [0.4, 0.5) is 10.5 Å². The SMILES string of the molecule is O=C(Nc1ccc(Cl)cc1C#CCCO)N1CCCCC1. The number of hydrogen-bond donors (Lipinski definition) is 2. The van der Waals surface area contributed by atoms with Gasteiger partial charge in [-0.2, -0.15) is 0 Å². The van der Waals surface area contributed by atoms with E-state index in [1.807, 2.05) is 4.90 Å². The number of anilines is 1. The standard InChI is InChI=1S/C16H19ClN2O2/c17-14-7-8-15(13(12-14)6-2-5-11-20)18-16(21)19-9-3-1-4-10-19/h7-8,12,20H,1,3-5,9-11H2,(H,18,21). The lowest BCUT2D eigenvalue weighted by atomic mass is 10.1. The Morgan fingerprint density at radius 1 is 1.33 bits per heavy atom. The second-order valence-electron chi connectivity index (χ2n) is 4.94. The lowest BCUT2D eigenvalue weighted by molar-refractivity contribution is 0.200. The van der Waals surface area contributed by atoms with Crippen LogP contribution in [0.25, 0.3) is 0 Å². The maximum absolute atomic E-state index is 12.2. The van der Waals surface area contributed by atoms with Gasteiger partial charge in [0.2, 0.25) is 0 Å². The topological polar surface area (TPSA) is 52.6 Å². The van der Waals surface area contributed by atoms with E-state index in [9.17, 15) is 4.79 Å². The number of aliphatic hydroxyl groups is 1. The largest absolute Gasteiger partial charge is 0.395 e. The summed E-state index contributed by atoms with van der Waals surface area (Å²) in [5, 5.41) is 12.2. The van der Waals surface area contributed by atoms with E-state index in [2.05, 4.69) is 17.2 Å². The fraction of sp³-hybridized carbons (Fsp3) is 0.438. The zero-order chi connectivity index (χ0) is 15.1. The highest BCUT2D eigenvalue weighted by atomic mass is 35.5. The number of likely N-dealkylation sites (tertiary alicyclic amines) is 1. The molecule has 0 bridgehead atoms. The Labute approximate surface area is 130 Å². The lowest BCUT2D eigenvalue weighted by Crippen LogP contribution is -2.38. The summed E-state index contributed by atoms with van der Waals surface area (Å²) in [6, 6.07) is 5.11. The van der Waals surface area contributed by atoms with Gasteiger partial charge in [0.1, 0.15) is 0 Å². The van der Waals surface area contributed by atoms with Gasteiger partial charge >= 0.3 is 6.03 Å². The quantitative estimate of drug-likeness (QED) is 0.825. The van der Waals surface area contributed by atoms with Crippen molar-refractivity contribution >= 4 is 23.3 Å². The molecular formula is C16H19ClN2O2. The number of nitrogens with one attached hydrogen (secondary N) is 1. The van der Waals surface area contributed by atoms with Crippen LogP contribution in [-0.4, -0.2) is 35.7 Å². The molecule has 112 valence electrons. The van der Waals surface area contributed by atoms with Gasteiger partial charge in [0.05, 0.1) is 12.3 Å². The van der Waals surface area contributed by atoms with E-state index >= 15 is 0 Å². The van der Waals surface area contributed by atoms with Crippen molar-refractivity contribution in [2.45, 2.75) is 25.7 Å². The van der Waals surface area contributed by atoms with Crippen molar-refractivity contribution in [3.05, 3.63) is 28.8 Å². The molecule has 1 aliphatic rings. The summed E-state index contributed by atoms with van der Waals surface area (Å²) >= 11 is 5.97. The molecule has 1 aromatic carbocycles. The molecule has 1 aliphatic heterocycles. The van der Waals surface area contributed by atoms with Crippen LogP contribution in [0, 0.1) is 11.8 Å². The van der Waals surface area contributed by atoms with Gasteiger partial charge in [-0.1, -0.05) is 23.4 Å². The molecule has 0 radical (unpaired) electrons. The first-order valence-electron chi connectivity index (χ1n) is 7.16. The van der Waals surface area contributed by atoms with Gasteiger partial charge in [0, 0.05) is 30.1 Å². The number of hydrogen-bond acceptors (Lipinski definition) is 2. The fourth-order valence-electron chi connectivity index (χ4n) is 2.23. The first-order valence-corrected chi connectivity index (χ1v) is 7.53. The number of nitrogens with zero attached hydrogens (tertiary/aromatic N) is 1. The van der Waals surface area contributed by atoms with Crippen LogP contribution >= 0.6 is 11.6 Å². The van der Waals surface area contributed by atoms with Gasteiger partial charge in [0.25, 0.3) is 0 Å². The van der Waals surface area contributed by atoms with Gasteiger partial charge < -0.3 is 15.3 Å². The van der Waals surface area contributed by atoms with Crippen molar-refractivity contribution in [2.75, 3.05) is 25.0 Å². The molecule has 2 rings (SSSR count). The molecule has 0 atom stereocenters. The molecule has 21 heavy (non-hydrogen) atoms. The molecule has 1 aromatic rings. The predicted octanol–water partition coefficient (Wildman–Crippen LogP) is 3.09. The Morgan fingerprint density at radius 2 is 2.10 bits per heavy atom. The van der Waals surface area contributed by atoms with Crippen molar-refractivity contribution in [3.8, 4) is 11.8 Å². The van der Waals surface area contributed by atoms with E-state index in [1.54, 1.807) is 18.2 Å². The molecule has 2 amide bonds. The van der Waals surface area contributed by atoms with Crippen LogP contribution in [0.2, 0.25) is 5.02 Å². The summed E-state index contributed by atoms with van der Waals surface area (Å²) in [5.41, 5.74) is 1.32. The smallest absolute Gasteiger partial charge is 0.321 e. The van der Waals surface area contributed by atoms with Crippen molar-refractivity contribution in [3.63, 3.8) is 0 Å². The van der Waals surface area contributed by atoms with Crippen molar-refractivity contribution in [1.29, 1.82) is 0 Å². The van der Waals surface area contributed by atoms with E-state index in [0.717, 1.165) is 25.9 Å². The maximum Gasteiger partial charge on any atom is 0.321 e. The summed E-state index contributed by atoms with van der Waals surface area (Å²) in [6.45, 7) is 1.61. The molecule has 0 spiro atoms. The minimum absolute atomic E-state index is 0.0169. The van der Waals surface area contributed by atoms with Gasteiger partial charge in [-0.3, -0.25) is 0 Å².